The zero-order valence-corrected chi connectivity index (χ0v) is 20.6. The highest BCUT2D eigenvalue weighted by atomic mass is 32.1. The van der Waals surface area contributed by atoms with E-state index in [-0.39, 0.29) is 11.2 Å². The van der Waals surface area contributed by atoms with Crippen LogP contribution in [-0.2, 0) is 13.1 Å². The zero-order valence-electron chi connectivity index (χ0n) is 19.8. The topological polar surface area (TPSA) is 67.9 Å². The third kappa shape index (κ3) is 3.84. The van der Waals surface area contributed by atoms with E-state index in [1.54, 1.807) is 18.4 Å². The highest BCUT2D eigenvalue weighted by Crippen LogP contribution is 2.34. The van der Waals surface area contributed by atoms with Crippen molar-refractivity contribution in [2.24, 2.45) is 0 Å². The minimum Gasteiger partial charge on any atom is -0.497 e. The van der Waals surface area contributed by atoms with Crippen LogP contribution in [0.4, 0.5) is 0 Å². The van der Waals surface area contributed by atoms with Gasteiger partial charge in [-0.15, -0.1) is 11.3 Å². The molecule has 33 heavy (non-hydrogen) atoms. The predicted octanol–water partition coefficient (Wildman–Crippen LogP) is 3.00. The van der Waals surface area contributed by atoms with Gasteiger partial charge >= 0.3 is 5.69 Å². The smallest absolute Gasteiger partial charge is 0.352 e. The fourth-order valence-corrected chi connectivity index (χ4v) is 5.97. The van der Waals surface area contributed by atoms with Crippen molar-refractivity contribution in [1.82, 2.24) is 29.0 Å². The third-order valence-corrected chi connectivity index (χ3v) is 8.22. The molecule has 0 bridgehead atoms. The first-order valence-electron chi connectivity index (χ1n) is 11.2. The van der Waals surface area contributed by atoms with E-state index in [0.717, 1.165) is 47.7 Å². The largest absolute Gasteiger partial charge is 0.497 e. The Morgan fingerprint density at radius 1 is 1.15 bits per heavy atom. The van der Waals surface area contributed by atoms with Gasteiger partial charge in [0.1, 0.15) is 16.9 Å². The number of nitrogens with zero attached hydrogens (tertiary/aromatic N) is 6. The number of thiophene rings is 1. The number of aromatic nitrogens is 4. The van der Waals surface area contributed by atoms with Crippen molar-refractivity contribution >= 4 is 27.2 Å². The SMILES string of the molecule is COc1ccc(Cn2c(=O)n3ncnc3c3c(C)c(CN4CCN(C)C(C)(C)C4)sc32)cc1. The Kier molecular flexibility index (Phi) is 5.50. The van der Waals surface area contributed by atoms with Crippen molar-refractivity contribution in [3.05, 3.63) is 57.1 Å². The summed E-state index contributed by atoms with van der Waals surface area (Å²) in [5, 5.41) is 5.25. The van der Waals surface area contributed by atoms with Gasteiger partial charge in [0.25, 0.3) is 0 Å². The van der Waals surface area contributed by atoms with Gasteiger partial charge in [-0.2, -0.15) is 9.61 Å². The van der Waals surface area contributed by atoms with E-state index in [9.17, 15) is 4.79 Å². The minimum atomic E-state index is -0.167. The average Bonchev–Trinajstić information content (AvgIpc) is 3.39. The average molecular weight is 467 g/mol. The molecule has 174 valence electrons. The van der Waals surface area contributed by atoms with Crippen molar-refractivity contribution < 1.29 is 4.74 Å². The molecule has 0 saturated carbocycles. The first kappa shape index (κ1) is 22.1. The molecule has 5 rings (SSSR count). The van der Waals surface area contributed by atoms with Gasteiger partial charge in [-0.25, -0.2) is 9.78 Å². The summed E-state index contributed by atoms with van der Waals surface area (Å²) in [4.78, 5) is 25.0. The molecule has 1 fully saturated rings. The van der Waals surface area contributed by atoms with E-state index >= 15 is 0 Å². The number of piperazine rings is 1. The maximum absolute atomic E-state index is 13.4. The summed E-state index contributed by atoms with van der Waals surface area (Å²) in [5.41, 5.74) is 2.83. The zero-order chi connectivity index (χ0) is 23.3. The second-order valence-electron chi connectivity index (χ2n) is 9.49. The molecular weight excluding hydrogens is 436 g/mol. The number of methoxy groups -OCH3 is 1. The van der Waals surface area contributed by atoms with E-state index in [2.05, 4.69) is 47.7 Å². The van der Waals surface area contributed by atoms with Gasteiger partial charge in [0, 0.05) is 36.6 Å². The van der Waals surface area contributed by atoms with E-state index < -0.39 is 0 Å². The summed E-state index contributed by atoms with van der Waals surface area (Å²) in [6.45, 7) is 11.2. The molecule has 8 nitrogen and oxygen atoms in total. The van der Waals surface area contributed by atoms with Crippen LogP contribution in [0.25, 0.3) is 15.9 Å². The van der Waals surface area contributed by atoms with E-state index in [1.165, 1.54) is 21.3 Å². The predicted molar refractivity (Wildman–Crippen MR) is 131 cm³/mol. The number of aryl methyl sites for hydroxylation is 1. The van der Waals surface area contributed by atoms with Gasteiger partial charge in [0.15, 0.2) is 5.65 Å². The molecule has 0 N–H and O–H groups in total. The summed E-state index contributed by atoms with van der Waals surface area (Å²) in [7, 11) is 3.85. The van der Waals surface area contributed by atoms with Gasteiger partial charge in [0.05, 0.1) is 19.0 Å². The summed E-state index contributed by atoms with van der Waals surface area (Å²) >= 11 is 1.71. The maximum atomic E-state index is 13.4. The van der Waals surface area contributed by atoms with Crippen molar-refractivity contribution in [3.63, 3.8) is 0 Å². The molecule has 0 aliphatic carbocycles. The molecule has 1 saturated heterocycles. The molecule has 4 aromatic rings. The van der Waals surface area contributed by atoms with Crippen LogP contribution < -0.4 is 10.4 Å². The van der Waals surface area contributed by atoms with Crippen LogP contribution in [0.3, 0.4) is 0 Å². The molecule has 0 unspecified atom stereocenters. The van der Waals surface area contributed by atoms with Gasteiger partial charge in [-0.1, -0.05) is 12.1 Å². The first-order valence-corrected chi connectivity index (χ1v) is 12.0. The number of benzene rings is 1. The van der Waals surface area contributed by atoms with Crippen LogP contribution >= 0.6 is 11.3 Å². The highest BCUT2D eigenvalue weighted by Gasteiger charge is 2.31. The van der Waals surface area contributed by atoms with Crippen LogP contribution in [0.2, 0.25) is 0 Å². The number of hydrogen-bond acceptors (Lipinski definition) is 7. The normalized spacial score (nSPS) is 17.2. The van der Waals surface area contributed by atoms with E-state index in [0.29, 0.717) is 12.2 Å². The lowest BCUT2D eigenvalue weighted by Gasteiger charge is -2.45. The number of likely N-dealkylation sites (N-methyl/N-ethyl adjacent to an activating group) is 1. The first-order chi connectivity index (χ1) is 15.8. The highest BCUT2D eigenvalue weighted by molar-refractivity contribution is 7.19. The third-order valence-electron chi connectivity index (χ3n) is 6.92. The summed E-state index contributed by atoms with van der Waals surface area (Å²) in [6, 6.07) is 7.84. The second kappa shape index (κ2) is 8.23. The Morgan fingerprint density at radius 3 is 2.61 bits per heavy atom. The molecule has 1 aromatic carbocycles. The summed E-state index contributed by atoms with van der Waals surface area (Å²) in [5.74, 6) is 0.798. The second-order valence-corrected chi connectivity index (χ2v) is 10.6. The lowest BCUT2D eigenvalue weighted by atomic mass is 9.99. The van der Waals surface area contributed by atoms with Gasteiger partial charge in [-0.3, -0.25) is 14.4 Å². The van der Waals surface area contributed by atoms with Crippen molar-refractivity contribution in [1.29, 1.82) is 0 Å². The molecule has 0 spiro atoms. The Balaban J connectivity index is 1.58. The Labute approximate surface area is 197 Å². The number of ether oxygens (including phenoxy) is 1. The molecule has 0 atom stereocenters. The van der Waals surface area contributed by atoms with Crippen LogP contribution in [0.15, 0.2) is 35.4 Å². The van der Waals surface area contributed by atoms with Crippen LogP contribution in [0, 0.1) is 6.92 Å². The quantitative estimate of drug-likeness (QED) is 0.451. The molecule has 0 radical (unpaired) electrons. The molecule has 4 heterocycles. The minimum absolute atomic E-state index is 0.138. The molecule has 1 aliphatic rings. The van der Waals surface area contributed by atoms with Gasteiger partial charge in [0.2, 0.25) is 0 Å². The summed E-state index contributed by atoms with van der Waals surface area (Å²) < 4.78 is 8.53. The van der Waals surface area contributed by atoms with E-state index in [1.807, 2.05) is 28.8 Å². The maximum Gasteiger partial charge on any atom is 0.352 e. The van der Waals surface area contributed by atoms with E-state index in [4.69, 9.17) is 4.74 Å². The monoisotopic (exact) mass is 466 g/mol. The van der Waals surface area contributed by atoms with Crippen molar-refractivity contribution in [2.45, 2.75) is 39.4 Å². The Bertz CT molecular complexity index is 1370. The molecule has 0 amide bonds. The van der Waals surface area contributed by atoms with Gasteiger partial charge < -0.3 is 4.74 Å². The number of fused-ring (bicyclic) bond motifs is 3. The standard InChI is InChI=1S/C24H30N6O2S/c1-16-19(13-28-11-10-27(4)24(2,3)14-28)33-22-20(16)21-25-15-26-30(21)23(31)29(22)12-17-6-8-18(32-5)9-7-17/h6-9,15H,10-14H2,1-5H3. The van der Waals surface area contributed by atoms with Gasteiger partial charge in [-0.05, 0) is 51.1 Å². The Hall–Kier alpha value is -2.75. The van der Waals surface area contributed by atoms with Crippen molar-refractivity contribution in [2.75, 3.05) is 33.8 Å². The van der Waals surface area contributed by atoms with Crippen LogP contribution in [-0.4, -0.2) is 68.3 Å². The lowest BCUT2D eigenvalue weighted by Crippen LogP contribution is -2.57. The number of hydrogen-bond donors (Lipinski definition) is 0. The molecule has 3 aromatic heterocycles. The fraction of sp³-hybridized carbons (Fsp3) is 0.458. The molecule has 1 aliphatic heterocycles. The molecular formula is C24H30N6O2S. The number of rotatable bonds is 5. The van der Waals surface area contributed by atoms with Crippen LogP contribution in [0.5, 0.6) is 5.75 Å². The Morgan fingerprint density at radius 2 is 1.91 bits per heavy atom. The van der Waals surface area contributed by atoms with Crippen LogP contribution in [0.1, 0.15) is 29.9 Å². The fourth-order valence-electron chi connectivity index (χ4n) is 4.63. The molecule has 9 heteroatoms. The lowest BCUT2D eigenvalue weighted by molar-refractivity contribution is 0.0364. The summed E-state index contributed by atoms with van der Waals surface area (Å²) in [6.07, 6.45) is 1.47. The van der Waals surface area contributed by atoms with Crippen molar-refractivity contribution in [3.8, 4) is 5.75 Å².